The molecule has 0 radical (unpaired) electrons. The quantitative estimate of drug-likeness (QED) is 0.740. The molecule has 138 valence electrons. The molecule has 1 aromatic rings. The molecule has 0 aliphatic carbocycles. The van der Waals surface area contributed by atoms with Gasteiger partial charge in [0.15, 0.2) is 11.5 Å². The Bertz CT molecular complexity index is 621. The van der Waals surface area contributed by atoms with Gasteiger partial charge in [-0.2, -0.15) is 0 Å². The molecule has 1 amide bonds. The summed E-state index contributed by atoms with van der Waals surface area (Å²) in [6.07, 6.45) is 0.598. The number of carbonyl (C=O) groups excluding carboxylic acids is 1. The molecule has 1 atom stereocenters. The highest BCUT2D eigenvalue weighted by Crippen LogP contribution is 2.46. The van der Waals surface area contributed by atoms with Crippen LogP contribution in [0.25, 0.3) is 0 Å². The minimum Gasteiger partial charge on any atom is -0.493 e. The number of amides is 1. The maximum Gasteiger partial charge on any atom is 0.231 e. The van der Waals surface area contributed by atoms with Crippen molar-refractivity contribution in [3.05, 3.63) is 17.7 Å². The molecule has 0 saturated carbocycles. The van der Waals surface area contributed by atoms with E-state index in [2.05, 4.69) is 18.7 Å². The Morgan fingerprint density at radius 3 is 2.84 bits per heavy atom. The summed E-state index contributed by atoms with van der Waals surface area (Å²) in [5.41, 5.74) is 1.03. The van der Waals surface area contributed by atoms with Crippen LogP contribution < -0.4 is 14.2 Å². The maximum absolute atomic E-state index is 12.6. The molecule has 7 heteroatoms. The van der Waals surface area contributed by atoms with Gasteiger partial charge in [0.1, 0.15) is 5.37 Å². The lowest BCUT2D eigenvalue weighted by molar-refractivity contribution is -0.132. The van der Waals surface area contributed by atoms with E-state index in [-0.39, 0.29) is 18.1 Å². The van der Waals surface area contributed by atoms with Gasteiger partial charge in [0.05, 0.1) is 7.11 Å². The van der Waals surface area contributed by atoms with E-state index < -0.39 is 0 Å². The van der Waals surface area contributed by atoms with E-state index in [0.29, 0.717) is 23.7 Å². The van der Waals surface area contributed by atoms with E-state index in [0.717, 1.165) is 37.5 Å². The monoisotopic (exact) mass is 366 g/mol. The van der Waals surface area contributed by atoms with Crippen molar-refractivity contribution in [2.45, 2.75) is 25.6 Å². The number of fused-ring (bicyclic) bond motifs is 1. The van der Waals surface area contributed by atoms with E-state index in [4.69, 9.17) is 14.2 Å². The third-order valence-electron chi connectivity index (χ3n) is 4.71. The van der Waals surface area contributed by atoms with Crippen molar-refractivity contribution in [2.24, 2.45) is 0 Å². The van der Waals surface area contributed by atoms with Crippen molar-refractivity contribution in [3.63, 3.8) is 0 Å². The molecule has 25 heavy (non-hydrogen) atoms. The molecule has 0 aromatic heterocycles. The zero-order chi connectivity index (χ0) is 17.8. The highest BCUT2D eigenvalue weighted by molar-refractivity contribution is 7.99. The number of thioether (sulfide) groups is 1. The Morgan fingerprint density at radius 2 is 2.12 bits per heavy atom. The zero-order valence-corrected chi connectivity index (χ0v) is 15.9. The molecule has 2 aliphatic rings. The highest BCUT2D eigenvalue weighted by Gasteiger charge is 2.32. The van der Waals surface area contributed by atoms with Gasteiger partial charge in [0, 0.05) is 25.3 Å². The molecule has 6 nitrogen and oxygen atoms in total. The predicted molar refractivity (Wildman–Crippen MR) is 98.4 cm³/mol. The predicted octanol–water partition coefficient (Wildman–Crippen LogP) is 2.73. The molecule has 1 unspecified atom stereocenters. The number of ether oxygens (including phenoxy) is 3. The fraction of sp³-hybridized carbons (Fsp3) is 0.611. The Labute approximate surface area is 153 Å². The molecule has 0 N–H and O–H groups in total. The summed E-state index contributed by atoms with van der Waals surface area (Å²) in [5.74, 6) is 3.05. The first-order chi connectivity index (χ1) is 12.2. The van der Waals surface area contributed by atoms with Crippen LogP contribution in [0.4, 0.5) is 0 Å². The molecule has 1 saturated heterocycles. The first-order valence-electron chi connectivity index (χ1n) is 8.78. The van der Waals surface area contributed by atoms with Gasteiger partial charge < -0.3 is 24.0 Å². The van der Waals surface area contributed by atoms with Crippen LogP contribution in [-0.4, -0.2) is 61.5 Å². The SMILES string of the molecule is CCN(CC)CCN1C(=O)CCSC1c1cc(OC)c2c(c1)OCO2. The van der Waals surface area contributed by atoms with Crippen molar-refractivity contribution in [1.82, 2.24) is 9.80 Å². The number of hydrogen-bond donors (Lipinski definition) is 0. The van der Waals surface area contributed by atoms with Gasteiger partial charge in [-0.05, 0) is 30.8 Å². The lowest BCUT2D eigenvalue weighted by Gasteiger charge is -2.36. The van der Waals surface area contributed by atoms with E-state index in [1.165, 1.54) is 0 Å². The van der Waals surface area contributed by atoms with E-state index in [9.17, 15) is 4.79 Å². The molecular formula is C18H26N2O4S. The Kier molecular flexibility index (Phi) is 5.96. The fourth-order valence-corrected chi connectivity index (χ4v) is 4.47. The second-order valence-electron chi connectivity index (χ2n) is 6.04. The summed E-state index contributed by atoms with van der Waals surface area (Å²) in [6, 6.07) is 3.94. The topological polar surface area (TPSA) is 51.2 Å². The summed E-state index contributed by atoms with van der Waals surface area (Å²) >= 11 is 1.79. The van der Waals surface area contributed by atoms with Gasteiger partial charge in [-0.1, -0.05) is 13.8 Å². The van der Waals surface area contributed by atoms with E-state index in [1.807, 2.05) is 17.0 Å². The molecule has 1 aromatic carbocycles. The van der Waals surface area contributed by atoms with Crippen molar-refractivity contribution in [2.75, 3.05) is 45.8 Å². The number of hydrogen-bond acceptors (Lipinski definition) is 6. The number of rotatable bonds is 7. The van der Waals surface area contributed by atoms with Gasteiger partial charge in [0.2, 0.25) is 18.4 Å². The Hall–Kier alpha value is -1.60. The van der Waals surface area contributed by atoms with Crippen LogP contribution in [0.1, 0.15) is 31.2 Å². The van der Waals surface area contributed by atoms with Crippen molar-refractivity contribution >= 4 is 17.7 Å². The second-order valence-corrected chi connectivity index (χ2v) is 7.23. The van der Waals surface area contributed by atoms with Gasteiger partial charge in [0.25, 0.3) is 0 Å². The normalized spacial score (nSPS) is 19.6. The lowest BCUT2D eigenvalue weighted by atomic mass is 10.1. The van der Waals surface area contributed by atoms with Crippen LogP contribution in [0.5, 0.6) is 17.2 Å². The number of nitrogens with zero attached hydrogens (tertiary/aromatic N) is 2. The van der Waals surface area contributed by atoms with Crippen molar-refractivity contribution in [1.29, 1.82) is 0 Å². The third-order valence-corrected chi connectivity index (χ3v) is 5.99. The second kappa shape index (κ2) is 8.19. The van der Waals surface area contributed by atoms with Crippen LogP contribution in [0, 0.1) is 0 Å². The van der Waals surface area contributed by atoms with Crippen LogP contribution >= 0.6 is 11.8 Å². The summed E-state index contributed by atoms with van der Waals surface area (Å²) in [7, 11) is 1.62. The maximum atomic E-state index is 12.6. The zero-order valence-electron chi connectivity index (χ0n) is 15.1. The molecular weight excluding hydrogens is 340 g/mol. The number of benzene rings is 1. The van der Waals surface area contributed by atoms with Crippen LogP contribution in [0.2, 0.25) is 0 Å². The first-order valence-corrected chi connectivity index (χ1v) is 9.83. The fourth-order valence-electron chi connectivity index (χ4n) is 3.22. The van der Waals surface area contributed by atoms with Gasteiger partial charge in [-0.25, -0.2) is 0 Å². The summed E-state index contributed by atoms with van der Waals surface area (Å²) < 4.78 is 16.5. The molecule has 0 spiro atoms. The molecule has 3 rings (SSSR count). The van der Waals surface area contributed by atoms with E-state index in [1.54, 1.807) is 18.9 Å². The largest absolute Gasteiger partial charge is 0.493 e. The summed E-state index contributed by atoms with van der Waals surface area (Å²) in [4.78, 5) is 16.9. The van der Waals surface area contributed by atoms with Crippen LogP contribution in [0.3, 0.4) is 0 Å². The molecule has 2 aliphatic heterocycles. The molecule has 0 bridgehead atoms. The number of likely N-dealkylation sites (N-methyl/N-ethyl adjacent to an activating group) is 1. The number of methoxy groups -OCH3 is 1. The minimum absolute atomic E-state index is 0.0137. The van der Waals surface area contributed by atoms with Crippen molar-refractivity contribution < 1.29 is 19.0 Å². The van der Waals surface area contributed by atoms with Gasteiger partial charge in [-0.3, -0.25) is 4.79 Å². The van der Waals surface area contributed by atoms with Gasteiger partial charge in [-0.15, -0.1) is 11.8 Å². The summed E-state index contributed by atoms with van der Waals surface area (Å²) in [6.45, 7) is 8.11. The number of carbonyl (C=O) groups is 1. The standard InChI is InChI=1S/C18H26N2O4S/c1-4-19(5-2)7-8-20-16(21)6-9-25-18(20)13-10-14(22-3)17-15(11-13)23-12-24-17/h10-11,18H,4-9,12H2,1-3H3. The average molecular weight is 366 g/mol. The lowest BCUT2D eigenvalue weighted by Crippen LogP contribution is -2.42. The smallest absolute Gasteiger partial charge is 0.231 e. The van der Waals surface area contributed by atoms with Crippen LogP contribution in [-0.2, 0) is 4.79 Å². The minimum atomic E-state index is -0.0137. The van der Waals surface area contributed by atoms with Gasteiger partial charge >= 0.3 is 0 Å². The molecule has 2 heterocycles. The third kappa shape index (κ3) is 3.82. The summed E-state index contributed by atoms with van der Waals surface area (Å²) in [5, 5.41) is -0.0137. The molecule has 1 fully saturated rings. The van der Waals surface area contributed by atoms with Crippen LogP contribution in [0.15, 0.2) is 12.1 Å². The van der Waals surface area contributed by atoms with E-state index >= 15 is 0 Å². The van der Waals surface area contributed by atoms with Crippen molar-refractivity contribution in [3.8, 4) is 17.2 Å². The Morgan fingerprint density at radius 1 is 1.32 bits per heavy atom. The first kappa shape index (κ1) is 18.2. The average Bonchev–Trinajstić information content (AvgIpc) is 3.11. The Balaban J connectivity index is 1.84. The highest BCUT2D eigenvalue weighted by atomic mass is 32.2.